The molecule has 0 radical (unpaired) electrons. The molecule has 104 valence electrons. The Bertz CT molecular complexity index is 629. The zero-order valence-electron chi connectivity index (χ0n) is 11.3. The Hall–Kier alpha value is -2.63. The second-order valence-corrected chi connectivity index (χ2v) is 4.22. The van der Waals surface area contributed by atoms with E-state index >= 15 is 0 Å². The van der Waals surface area contributed by atoms with Gasteiger partial charge in [-0.1, -0.05) is 12.1 Å². The number of nitro benzene ring substituents is 1. The highest BCUT2D eigenvalue weighted by atomic mass is 16.6. The number of rotatable bonds is 5. The number of aryl methyl sites for hydroxylation is 1. The van der Waals surface area contributed by atoms with Crippen LogP contribution in [-0.2, 0) is 0 Å². The zero-order valence-corrected chi connectivity index (χ0v) is 11.3. The van der Waals surface area contributed by atoms with Gasteiger partial charge in [0.25, 0.3) is 0 Å². The number of nitro groups is 1. The Kier molecular flexibility index (Phi) is 4.14. The van der Waals surface area contributed by atoms with Gasteiger partial charge >= 0.3 is 5.69 Å². The van der Waals surface area contributed by atoms with E-state index in [1.807, 2.05) is 6.92 Å². The topological polar surface area (TPSA) is 77.3 Å². The maximum absolute atomic E-state index is 11.0. The molecule has 0 fully saturated rings. The number of hydrogen-bond acceptors (Lipinski definition) is 5. The van der Waals surface area contributed by atoms with Gasteiger partial charge in [-0.25, -0.2) is 0 Å². The normalized spacial score (nSPS) is 10.1. The van der Waals surface area contributed by atoms with Crippen LogP contribution in [0.4, 0.5) is 11.5 Å². The van der Waals surface area contributed by atoms with Crippen molar-refractivity contribution in [2.24, 2.45) is 0 Å². The largest absolute Gasteiger partial charge is 0.432 e. The summed E-state index contributed by atoms with van der Waals surface area (Å²) >= 11 is 0. The summed E-state index contributed by atoms with van der Waals surface area (Å²) in [6.45, 7) is 4.49. The van der Waals surface area contributed by atoms with Crippen molar-refractivity contribution >= 4 is 11.5 Å². The van der Waals surface area contributed by atoms with Gasteiger partial charge in [0.1, 0.15) is 5.82 Å². The minimum Gasteiger partial charge on any atom is -0.432 e. The first kappa shape index (κ1) is 13.8. The lowest BCUT2D eigenvalue weighted by Crippen LogP contribution is -2.00. The van der Waals surface area contributed by atoms with Crippen LogP contribution in [0, 0.1) is 17.0 Å². The summed E-state index contributed by atoms with van der Waals surface area (Å²) in [6, 6.07) is 10.1. The molecule has 0 saturated carbocycles. The van der Waals surface area contributed by atoms with E-state index in [1.54, 1.807) is 37.3 Å². The lowest BCUT2D eigenvalue weighted by atomic mass is 10.2. The molecule has 2 rings (SSSR count). The second-order valence-electron chi connectivity index (χ2n) is 4.22. The number of benzene rings is 1. The van der Waals surface area contributed by atoms with Crippen LogP contribution >= 0.6 is 0 Å². The van der Waals surface area contributed by atoms with Crippen molar-refractivity contribution in [1.29, 1.82) is 0 Å². The van der Waals surface area contributed by atoms with E-state index in [4.69, 9.17) is 4.74 Å². The van der Waals surface area contributed by atoms with Gasteiger partial charge in [-0.2, -0.15) is 4.98 Å². The molecule has 1 aromatic heterocycles. The second kappa shape index (κ2) is 6.01. The van der Waals surface area contributed by atoms with E-state index < -0.39 is 4.92 Å². The first-order valence-electron chi connectivity index (χ1n) is 6.24. The van der Waals surface area contributed by atoms with Crippen molar-refractivity contribution in [3.8, 4) is 11.6 Å². The quantitative estimate of drug-likeness (QED) is 0.666. The van der Waals surface area contributed by atoms with E-state index in [9.17, 15) is 10.1 Å². The van der Waals surface area contributed by atoms with Crippen molar-refractivity contribution in [2.45, 2.75) is 13.8 Å². The third-order valence-corrected chi connectivity index (χ3v) is 2.61. The molecule has 1 aromatic carbocycles. The van der Waals surface area contributed by atoms with Gasteiger partial charge in [0.05, 0.1) is 4.92 Å². The van der Waals surface area contributed by atoms with E-state index in [1.165, 1.54) is 6.07 Å². The third kappa shape index (κ3) is 3.23. The number of pyridine rings is 1. The Labute approximate surface area is 116 Å². The molecule has 0 unspecified atom stereocenters. The highest BCUT2D eigenvalue weighted by molar-refractivity contribution is 5.50. The molecular formula is C14H15N3O3. The highest BCUT2D eigenvalue weighted by Crippen LogP contribution is 2.31. The third-order valence-electron chi connectivity index (χ3n) is 2.61. The van der Waals surface area contributed by atoms with Crippen LogP contribution in [0.15, 0.2) is 36.4 Å². The van der Waals surface area contributed by atoms with Crippen molar-refractivity contribution < 1.29 is 9.66 Å². The summed E-state index contributed by atoms with van der Waals surface area (Å²) in [7, 11) is 0. The van der Waals surface area contributed by atoms with Gasteiger partial charge in [-0.15, -0.1) is 0 Å². The van der Waals surface area contributed by atoms with Gasteiger partial charge in [0, 0.05) is 18.7 Å². The van der Waals surface area contributed by atoms with E-state index in [0.29, 0.717) is 11.7 Å². The molecule has 0 bridgehead atoms. The number of hydrogen-bond donors (Lipinski definition) is 1. The number of ether oxygens (including phenoxy) is 1. The average Bonchev–Trinajstić information content (AvgIpc) is 2.41. The number of aromatic nitrogens is 1. The van der Waals surface area contributed by atoms with Crippen molar-refractivity contribution in [2.75, 3.05) is 11.9 Å². The SMILES string of the molecule is CCNc1cccc(Oc2ccc(C)cc2[N+](=O)[O-])n1. The Morgan fingerprint density at radius 2 is 2.15 bits per heavy atom. The zero-order chi connectivity index (χ0) is 14.5. The maximum Gasteiger partial charge on any atom is 0.311 e. The first-order chi connectivity index (χ1) is 9.60. The molecule has 0 aliphatic heterocycles. The van der Waals surface area contributed by atoms with Gasteiger partial charge in [-0.05, 0) is 31.5 Å². The predicted octanol–water partition coefficient (Wildman–Crippen LogP) is 3.52. The summed E-state index contributed by atoms with van der Waals surface area (Å²) in [4.78, 5) is 14.8. The van der Waals surface area contributed by atoms with E-state index in [2.05, 4.69) is 10.3 Å². The molecule has 6 heteroatoms. The molecule has 0 atom stereocenters. The molecule has 20 heavy (non-hydrogen) atoms. The number of nitrogens with zero attached hydrogens (tertiary/aromatic N) is 2. The smallest absolute Gasteiger partial charge is 0.311 e. The summed E-state index contributed by atoms with van der Waals surface area (Å²) in [5.41, 5.74) is 0.735. The summed E-state index contributed by atoms with van der Waals surface area (Å²) in [5.74, 6) is 1.16. The maximum atomic E-state index is 11.0. The molecule has 2 aromatic rings. The van der Waals surface area contributed by atoms with Crippen molar-refractivity contribution in [3.05, 3.63) is 52.1 Å². The lowest BCUT2D eigenvalue weighted by molar-refractivity contribution is -0.385. The van der Waals surface area contributed by atoms with E-state index in [-0.39, 0.29) is 11.4 Å². The standard InChI is InChI=1S/C14H15N3O3/c1-3-15-13-5-4-6-14(16-13)20-12-8-7-10(2)9-11(12)17(18)19/h4-9H,3H2,1-2H3,(H,15,16). The van der Waals surface area contributed by atoms with E-state index in [0.717, 1.165) is 12.1 Å². The fourth-order valence-electron chi connectivity index (χ4n) is 1.72. The first-order valence-corrected chi connectivity index (χ1v) is 6.24. The molecule has 0 saturated heterocycles. The molecule has 6 nitrogen and oxygen atoms in total. The van der Waals surface area contributed by atoms with Gasteiger partial charge in [0.15, 0.2) is 0 Å². The number of nitrogens with one attached hydrogen (secondary N) is 1. The Balaban J connectivity index is 2.30. The summed E-state index contributed by atoms with van der Waals surface area (Å²) < 4.78 is 5.52. The van der Waals surface area contributed by atoms with Gasteiger partial charge in [-0.3, -0.25) is 10.1 Å². The molecule has 1 N–H and O–H groups in total. The molecule has 0 aliphatic rings. The van der Waals surface area contributed by atoms with Crippen molar-refractivity contribution in [1.82, 2.24) is 4.98 Å². The molecular weight excluding hydrogens is 258 g/mol. The Morgan fingerprint density at radius 3 is 2.85 bits per heavy atom. The van der Waals surface area contributed by atoms with Crippen molar-refractivity contribution in [3.63, 3.8) is 0 Å². The average molecular weight is 273 g/mol. The summed E-state index contributed by atoms with van der Waals surface area (Å²) in [6.07, 6.45) is 0. The molecule has 0 spiro atoms. The van der Waals surface area contributed by atoms with Crippen LogP contribution in [-0.4, -0.2) is 16.5 Å². The fraction of sp³-hybridized carbons (Fsp3) is 0.214. The van der Waals surface area contributed by atoms with Gasteiger partial charge in [0.2, 0.25) is 11.6 Å². The molecule has 1 heterocycles. The Morgan fingerprint density at radius 1 is 1.35 bits per heavy atom. The fourth-order valence-corrected chi connectivity index (χ4v) is 1.72. The van der Waals surface area contributed by atoms with Crippen LogP contribution in [0.5, 0.6) is 11.6 Å². The summed E-state index contributed by atoms with van der Waals surface area (Å²) in [5, 5.41) is 14.1. The number of anilines is 1. The van der Waals surface area contributed by atoms with Crippen LogP contribution in [0.3, 0.4) is 0 Å². The van der Waals surface area contributed by atoms with Gasteiger partial charge < -0.3 is 10.1 Å². The highest BCUT2D eigenvalue weighted by Gasteiger charge is 2.16. The van der Waals surface area contributed by atoms with Crippen LogP contribution in [0.2, 0.25) is 0 Å². The monoisotopic (exact) mass is 273 g/mol. The minimum absolute atomic E-state index is 0.0688. The van der Waals surface area contributed by atoms with Crippen LogP contribution in [0.25, 0.3) is 0 Å². The molecule has 0 amide bonds. The van der Waals surface area contributed by atoms with Crippen LogP contribution < -0.4 is 10.1 Å². The predicted molar refractivity (Wildman–Crippen MR) is 76.3 cm³/mol. The molecule has 0 aliphatic carbocycles. The van der Waals surface area contributed by atoms with Crippen LogP contribution in [0.1, 0.15) is 12.5 Å². The lowest BCUT2D eigenvalue weighted by Gasteiger charge is -2.08. The minimum atomic E-state index is -0.462.